The molecule has 0 aliphatic heterocycles. The van der Waals surface area contributed by atoms with Crippen molar-refractivity contribution < 1.29 is 0 Å². The van der Waals surface area contributed by atoms with Crippen molar-refractivity contribution in [2.45, 2.75) is 45.1 Å². The highest BCUT2D eigenvalue weighted by Crippen LogP contribution is 2.24. The number of aromatic nitrogens is 2. The van der Waals surface area contributed by atoms with Gasteiger partial charge in [-0.05, 0) is 19.1 Å². The predicted molar refractivity (Wildman–Crippen MR) is 66.2 cm³/mol. The Morgan fingerprint density at radius 2 is 2.00 bits per heavy atom. The molecule has 4 heteroatoms. The Bertz CT molecular complexity index is 326. The summed E-state index contributed by atoms with van der Waals surface area (Å²) in [6.45, 7) is 6.23. The zero-order valence-electron chi connectivity index (χ0n) is 9.71. The number of rotatable bonds is 5. The maximum absolute atomic E-state index is 5.84. The van der Waals surface area contributed by atoms with Crippen molar-refractivity contribution >= 4 is 17.6 Å². The number of nitrogens with two attached hydrogens (primary N) is 1. The number of anilines is 1. The average Bonchev–Trinajstić information content (AvgIpc) is 2.24. The van der Waals surface area contributed by atoms with Crippen molar-refractivity contribution in [2.24, 2.45) is 0 Å². The van der Waals surface area contributed by atoms with Crippen LogP contribution in [0.1, 0.15) is 38.1 Å². The van der Waals surface area contributed by atoms with Gasteiger partial charge in [-0.15, -0.1) is 11.8 Å². The van der Waals surface area contributed by atoms with Gasteiger partial charge in [0.2, 0.25) is 0 Å². The fourth-order valence-electron chi connectivity index (χ4n) is 1.17. The van der Waals surface area contributed by atoms with Crippen molar-refractivity contribution in [1.29, 1.82) is 0 Å². The van der Waals surface area contributed by atoms with E-state index in [0.717, 1.165) is 28.6 Å². The summed E-state index contributed by atoms with van der Waals surface area (Å²) >= 11 is 1.78. The number of unbranched alkanes of at least 4 members (excludes halogenated alkanes) is 1. The van der Waals surface area contributed by atoms with E-state index in [-0.39, 0.29) is 0 Å². The van der Waals surface area contributed by atoms with Gasteiger partial charge in [-0.1, -0.05) is 20.3 Å². The zero-order valence-corrected chi connectivity index (χ0v) is 10.5. The van der Waals surface area contributed by atoms with Crippen LogP contribution in [0.25, 0.3) is 0 Å². The minimum absolute atomic E-state index is 0.626. The van der Waals surface area contributed by atoms with Crippen LogP contribution < -0.4 is 5.73 Å². The molecular formula is C11H19N3S. The van der Waals surface area contributed by atoms with E-state index >= 15 is 0 Å². The third-order valence-corrected chi connectivity index (χ3v) is 3.40. The summed E-state index contributed by atoms with van der Waals surface area (Å²) in [6, 6.07) is 0. The second kappa shape index (κ2) is 5.95. The molecular weight excluding hydrogens is 206 g/mol. The molecule has 0 aliphatic rings. The van der Waals surface area contributed by atoms with E-state index in [2.05, 4.69) is 16.9 Å². The monoisotopic (exact) mass is 225 g/mol. The fraction of sp³-hybridized carbons (Fsp3) is 0.636. The molecule has 2 N–H and O–H groups in total. The Kier molecular flexibility index (Phi) is 4.88. The van der Waals surface area contributed by atoms with Gasteiger partial charge in [-0.3, -0.25) is 0 Å². The molecule has 15 heavy (non-hydrogen) atoms. The lowest BCUT2D eigenvalue weighted by Crippen LogP contribution is -2.03. The lowest BCUT2D eigenvalue weighted by atomic mass is 10.3. The maximum Gasteiger partial charge on any atom is 0.131 e. The SMILES string of the molecule is CCCCSc1nc(CC)nc(N)c1C. The minimum Gasteiger partial charge on any atom is -0.383 e. The molecule has 84 valence electrons. The summed E-state index contributed by atoms with van der Waals surface area (Å²) in [5.74, 6) is 2.58. The minimum atomic E-state index is 0.626. The quantitative estimate of drug-likeness (QED) is 0.475. The number of thioether (sulfide) groups is 1. The number of aryl methyl sites for hydroxylation is 1. The molecule has 0 amide bonds. The van der Waals surface area contributed by atoms with Gasteiger partial charge in [-0.25, -0.2) is 9.97 Å². The number of nitrogen functional groups attached to an aromatic ring is 1. The Morgan fingerprint density at radius 3 is 2.60 bits per heavy atom. The molecule has 0 radical (unpaired) electrons. The Labute approximate surface area is 95.9 Å². The van der Waals surface area contributed by atoms with E-state index in [9.17, 15) is 0 Å². The van der Waals surface area contributed by atoms with E-state index in [1.54, 1.807) is 11.8 Å². The van der Waals surface area contributed by atoms with Gasteiger partial charge in [0.05, 0.1) is 0 Å². The molecule has 0 aromatic carbocycles. The Hall–Kier alpha value is -0.770. The molecule has 0 bridgehead atoms. The molecule has 0 saturated heterocycles. The lowest BCUT2D eigenvalue weighted by Gasteiger charge is -2.08. The van der Waals surface area contributed by atoms with Crippen LogP contribution in [-0.2, 0) is 6.42 Å². The summed E-state index contributed by atoms with van der Waals surface area (Å²) in [6.07, 6.45) is 3.27. The van der Waals surface area contributed by atoms with Gasteiger partial charge in [0.25, 0.3) is 0 Å². The standard InChI is InChI=1S/C11H19N3S/c1-4-6-7-15-11-8(3)10(12)13-9(5-2)14-11/h4-7H2,1-3H3,(H2,12,13,14). The second-order valence-corrected chi connectivity index (χ2v) is 4.59. The predicted octanol–water partition coefficient (Wildman–Crippen LogP) is 2.82. The molecule has 1 heterocycles. The van der Waals surface area contributed by atoms with Crippen molar-refractivity contribution in [1.82, 2.24) is 9.97 Å². The van der Waals surface area contributed by atoms with Crippen molar-refractivity contribution in [2.75, 3.05) is 11.5 Å². The first-order chi connectivity index (χ1) is 7.19. The summed E-state index contributed by atoms with van der Waals surface area (Å²) < 4.78 is 0. The van der Waals surface area contributed by atoms with Gasteiger partial charge in [-0.2, -0.15) is 0 Å². The topological polar surface area (TPSA) is 51.8 Å². The first-order valence-electron chi connectivity index (χ1n) is 5.44. The molecule has 0 atom stereocenters. The fourth-order valence-corrected chi connectivity index (χ4v) is 2.29. The van der Waals surface area contributed by atoms with E-state index in [1.807, 2.05) is 13.8 Å². The van der Waals surface area contributed by atoms with Crippen molar-refractivity contribution in [3.8, 4) is 0 Å². The molecule has 0 saturated carbocycles. The van der Waals surface area contributed by atoms with Crippen LogP contribution in [0.4, 0.5) is 5.82 Å². The van der Waals surface area contributed by atoms with Crippen LogP contribution in [0.3, 0.4) is 0 Å². The first-order valence-corrected chi connectivity index (χ1v) is 6.43. The van der Waals surface area contributed by atoms with E-state index in [0.29, 0.717) is 5.82 Å². The van der Waals surface area contributed by atoms with Gasteiger partial charge in [0, 0.05) is 12.0 Å². The maximum atomic E-state index is 5.84. The van der Waals surface area contributed by atoms with Crippen LogP contribution in [-0.4, -0.2) is 15.7 Å². The van der Waals surface area contributed by atoms with Crippen molar-refractivity contribution in [3.05, 3.63) is 11.4 Å². The Balaban J connectivity index is 2.80. The molecule has 0 spiro atoms. The van der Waals surface area contributed by atoms with Gasteiger partial charge >= 0.3 is 0 Å². The van der Waals surface area contributed by atoms with Crippen LogP contribution in [0.5, 0.6) is 0 Å². The smallest absolute Gasteiger partial charge is 0.131 e. The Morgan fingerprint density at radius 1 is 1.27 bits per heavy atom. The van der Waals surface area contributed by atoms with Gasteiger partial charge < -0.3 is 5.73 Å². The molecule has 0 unspecified atom stereocenters. The average molecular weight is 225 g/mol. The first kappa shape index (κ1) is 12.3. The largest absolute Gasteiger partial charge is 0.383 e. The van der Waals surface area contributed by atoms with E-state index in [4.69, 9.17) is 5.73 Å². The summed E-state index contributed by atoms with van der Waals surface area (Å²) in [5.41, 5.74) is 6.86. The van der Waals surface area contributed by atoms with Crippen LogP contribution in [0, 0.1) is 6.92 Å². The number of hydrogen-bond donors (Lipinski definition) is 1. The number of nitrogens with zero attached hydrogens (tertiary/aromatic N) is 2. The normalized spacial score (nSPS) is 10.6. The summed E-state index contributed by atoms with van der Waals surface area (Å²) in [4.78, 5) is 8.73. The van der Waals surface area contributed by atoms with Crippen LogP contribution in [0.2, 0.25) is 0 Å². The molecule has 1 aromatic heterocycles. The molecule has 0 fully saturated rings. The second-order valence-electron chi connectivity index (χ2n) is 3.51. The lowest BCUT2D eigenvalue weighted by molar-refractivity contribution is 0.868. The number of hydrogen-bond acceptors (Lipinski definition) is 4. The van der Waals surface area contributed by atoms with Gasteiger partial charge in [0.15, 0.2) is 0 Å². The highest BCUT2D eigenvalue weighted by molar-refractivity contribution is 7.99. The third-order valence-electron chi connectivity index (χ3n) is 2.24. The van der Waals surface area contributed by atoms with E-state index in [1.165, 1.54) is 12.8 Å². The molecule has 1 rings (SSSR count). The van der Waals surface area contributed by atoms with Gasteiger partial charge in [0.1, 0.15) is 16.7 Å². The third kappa shape index (κ3) is 3.38. The zero-order chi connectivity index (χ0) is 11.3. The van der Waals surface area contributed by atoms with Crippen LogP contribution >= 0.6 is 11.8 Å². The summed E-state index contributed by atoms with van der Waals surface area (Å²) in [5, 5.41) is 1.05. The van der Waals surface area contributed by atoms with Crippen molar-refractivity contribution in [3.63, 3.8) is 0 Å². The highest BCUT2D eigenvalue weighted by Gasteiger charge is 2.07. The highest BCUT2D eigenvalue weighted by atomic mass is 32.2. The molecule has 1 aromatic rings. The molecule has 3 nitrogen and oxygen atoms in total. The molecule has 0 aliphatic carbocycles. The summed E-state index contributed by atoms with van der Waals surface area (Å²) in [7, 11) is 0. The van der Waals surface area contributed by atoms with E-state index < -0.39 is 0 Å². The van der Waals surface area contributed by atoms with Crippen LogP contribution in [0.15, 0.2) is 5.03 Å².